The Morgan fingerprint density at radius 2 is 1.61 bits per heavy atom. The van der Waals surface area contributed by atoms with E-state index in [2.05, 4.69) is 26.8 Å². The number of hydrogen-bond donors (Lipinski definition) is 2. The predicted molar refractivity (Wildman–Crippen MR) is 131 cm³/mol. The first kappa shape index (κ1) is 22.6. The number of nitrogens with one attached hydrogen (secondary N) is 2. The molecule has 0 radical (unpaired) electrons. The molecule has 3 aromatic carbocycles. The van der Waals surface area contributed by atoms with E-state index in [0.717, 1.165) is 16.8 Å². The lowest BCUT2D eigenvalue weighted by Gasteiger charge is -2.13. The van der Waals surface area contributed by atoms with Crippen molar-refractivity contribution < 1.29 is 4.84 Å². The number of benzene rings is 3. The van der Waals surface area contributed by atoms with E-state index in [9.17, 15) is 0 Å². The Kier molecular flexibility index (Phi) is 7.38. The van der Waals surface area contributed by atoms with E-state index >= 15 is 0 Å². The van der Waals surface area contributed by atoms with Crippen molar-refractivity contribution >= 4 is 40.7 Å². The Balaban J connectivity index is 1.57. The van der Waals surface area contributed by atoms with Gasteiger partial charge in [0, 0.05) is 28.2 Å². The van der Waals surface area contributed by atoms with Crippen molar-refractivity contribution in [3.8, 4) is 6.07 Å². The van der Waals surface area contributed by atoms with Crippen LogP contribution in [0.1, 0.15) is 22.4 Å². The van der Waals surface area contributed by atoms with Crippen molar-refractivity contribution in [1.29, 1.82) is 5.26 Å². The maximum atomic E-state index is 9.00. The number of anilines is 3. The fourth-order valence-electron chi connectivity index (χ4n) is 3.10. The summed E-state index contributed by atoms with van der Waals surface area (Å²) >= 11 is 12.7. The van der Waals surface area contributed by atoms with Crippen LogP contribution in [0.5, 0.6) is 0 Å². The molecule has 8 heteroatoms. The quantitative estimate of drug-likeness (QED) is 0.281. The molecule has 6 nitrogen and oxygen atoms in total. The predicted octanol–water partition coefficient (Wildman–Crippen LogP) is 6.53. The first-order valence-corrected chi connectivity index (χ1v) is 10.9. The molecule has 2 N–H and O–H groups in total. The van der Waals surface area contributed by atoms with Gasteiger partial charge in [0.05, 0.1) is 23.9 Å². The molecule has 0 amide bonds. The molecular weight excluding hydrogens is 457 g/mol. The minimum atomic E-state index is 0.367. The van der Waals surface area contributed by atoms with E-state index in [1.807, 2.05) is 30.3 Å². The molecule has 1 aromatic heterocycles. The van der Waals surface area contributed by atoms with Crippen molar-refractivity contribution in [2.75, 3.05) is 10.8 Å². The van der Waals surface area contributed by atoms with Gasteiger partial charge in [0.15, 0.2) is 5.82 Å². The summed E-state index contributed by atoms with van der Waals surface area (Å²) in [6.45, 7) is 0.370. The molecule has 0 bridgehead atoms. The molecule has 0 spiro atoms. The van der Waals surface area contributed by atoms with Crippen LogP contribution >= 0.6 is 23.2 Å². The standard InChI is InChI=1S/C25H19Cl2N5O/c26-22-7-4-8-23(27)21(22)13-20-14-24(32-33-16-18-5-2-1-3-6-18)31-25(30-20)29-19-11-9-17(15-28)10-12-19/h1-12,14H,13,16H2,(H2,29,30,31,32). The molecule has 0 saturated carbocycles. The van der Waals surface area contributed by atoms with E-state index < -0.39 is 0 Å². The van der Waals surface area contributed by atoms with Crippen LogP contribution in [0, 0.1) is 11.3 Å². The van der Waals surface area contributed by atoms with E-state index in [4.69, 9.17) is 33.3 Å². The van der Waals surface area contributed by atoms with Crippen molar-refractivity contribution in [2.45, 2.75) is 13.0 Å². The van der Waals surface area contributed by atoms with Crippen molar-refractivity contribution in [3.05, 3.63) is 111 Å². The van der Waals surface area contributed by atoms with Gasteiger partial charge in [-0.15, -0.1) is 0 Å². The molecule has 0 unspecified atom stereocenters. The Hall–Kier alpha value is -3.63. The van der Waals surface area contributed by atoms with Crippen LogP contribution in [-0.2, 0) is 17.9 Å². The minimum absolute atomic E-state index is 0.367. The Labute approximate surface area is 201 Å². The number of rotatable bonds is 8. The van der Waals surface area contributed by atoms with Gasteiger partial charge in [0.1, 0.15) is 0 Å². The monoisotopic (exact) mass is 475 g/mol. The Bertz CT molecular complexity index is 1250. The lowest BCUT2D eigenvalue weighted by atomic mass is 10.1. The number of halogens is 2. The number of aromatic nitrogens is 2. The minimum Gasteiger partial charge on any atom is -0.324 e. The number of nitriles is 1. The van der Waals surface area contributed by atoms with Crippen LogP contribution in [0.2, 0.25) is 10.0 Å². The average molecular weight is 476 g/mol. The third kappa shape index (κ3) is 6.21. The first-order chi connectivity index (χ1) is 16.1. The maximum absolute atomic E-state index is 9.00. The third-order valence-corrected chi connectivity index (χ3v) is 5.44. The van der Waals surface area contributed by atoms with Gasteiger partial charge in [0.25, 0.3) is 0 Å². The van der Waals surface area contributed by atoms with Gasteiger partial charge in [0.2, 0.25) is 5.95 Å². The van der Waals surface area contributed by atoms with E-state index in [-0.39, 0.29) is 0 Å². The smallest absolute Gasteiger partial charge is 0.229 e. The molecular formula is C25H19Cl2N5O. The Morgan fingerprint density at radius 3 is 2.30 bits per heavy atom. The SMILES string of the molecule is N#Cc1ccc(Nc2nc(Cc3c(Cl)cccc3Cl)cc(NOCc3ccccc3)n2)cc1. The van der Waals surface area contributed by atoms with Crippen molar-refractivity contribution in [2.24, 2.45) is 0 Å². The summed E-state index contributed by atoms with van der Waals surface area (Å²) in [6, 6.07) is 26.1. The highest BCUT2D eigenvalue weighted by Gasteiger charge is 2.11. The molecule has 4 aromatic rings. The molecule has 0 saturated heterocycles. The van der Waals surface area contributed by atoms with Crippen LogP contribution in [0.25, 0.3) is 0 Å². The summed E-state index contributed by atoms with van der Waals surface area (Å²) < 4.78 is 0. The van der Waals surface area contributed by atoms with E-state index in [0.29, 0.717) is 46.1 Å². The molecule has 33 heavy (non-hydrogen) atoms. The van der Waals surface area contributed by atoms with Crippen molar-refractivity contribution in [1.82, 2.24) is 9.97 Å². The van der Waals surface area contributed by atoms with Gasteiger partial charge >= 0.3 is 0 Å². The second-order valence-electron chi connectivity index (χ2n) is 7.14. The summed E-state index contributed by atoms with van der Waals surface area (Å²) in [7, 11) is 0. The fourth-order valence-corrected chi connectivity index (χ4v) is 3.63. The second kappa shape index (κ2) is 10.8. The largest absolute Gasteiger partial charge is 0.324 e. The molecule has 164 valence electrons. The zero-order chi connectivity index (χ0) is 23.0. The summed E-state index contributed by atoms with van der Waals surface area (Å²) in [5.74, 6) is 0.849. The van der Waals surface area contributed by atoms with E-state index in [1.165, 1.54) is 0 Å². The lowest BCUT2D eigenvalue weighted by molar-refractivity contribution is 0.179. The van der Waals surface area contributed by atoms with Crippen LogP contribution in [0.3, 0.4) is 0 Å². The molecule has 0 aliphatic heterocycles. The Morgan fingerprint density at radius 1 is 0.879 bits per heavy atom. The summed E-state index contributed by atoms with van der Waals surface area (Å²) in [5, 5.41) is 13.3. The van der Waals surface area contributed by atoms with Gasteiger partial charge in [-0.05, 0) is 47.5 Å². The maximum Gasteiger partial charge on any atom is 0.229 e. The van der Waals surface area contributed by atoms with Gasteiger partial charge in [-0.3, -0.25) is 4.84 Å². The van der Waals surface area contributed by atoms with Crippen LogP contribution in [0.4, 0.5) is 17.5 Å². The molecule has 0 aliphatic rings. The topological polar surface area (TPSA) is 82.9 Å². The van der Waals surface area contributed by atoms with Gasteiger partial charge in [-0.2, -0.15) is 10.2 Å². The first-order valence-electron chi connectivity index (χ1n) is 10.1. The fraction of sp³-hybridized carbons (Fsp3) is 0.0800. The second-order valence-corrected chi connectivity index (χ2v) is 7.95. The zero-order valence-electron chi connectivity index (χ0n) is 17.4. The third-order valence-electron chi connectivity index (χ3n) is 4.73. The van der Waals surface area contributed by atoms with E-state index in [1.54, 1.807) is 48.5 Å². The normalized spacial score (nSPS) is 10.5. The average Bonchev–Trinajstić information content (AvgIpc) is 2.83. The highest BCUT2D eigenvalue weighted by atomic mass is 35.5. The van der Waals surface area contributed by atoms with Crippen molar-refractivity contribution in [3.63, 3.8) is 0 Å². The van der Waals surface area contributed by atoms with Gasteiger partial charge in [-0.25, -0.2) is 10.5 Å². The van der Waals surface area contributed by atoms with Crippen LogP contribution in [-0.4, -0.2) is 9.97 Å². The zero-order valence-corrected chi connectivity index (χ0v) is 18.9. The summed E-state index contributed by atoms with van der Waals surface area (Å²) in [4.78, 5) is 14.8. The van der Waals surface area contributed by atoms with Crippen LogP contribution in [0.15, 0.2) is 78.9 Å². The molecule has 0 aliphatic carbocycles. The summed E-state index contributed by atoms with van der Waals surface area (Å²) in [6.07, 6.45) is 0.413. The highest BCUT2D eigenvalue weighted by molar-refractivity contribution is 6.36. The molecule has 0 atom stereocenters. The lowest BCUT2D eigenvalue weighted by Crippen LogP contribution is -2.08. The van der Waals surface area contributed by atoms with Crippen LogP contribution < -0.4 is 10.8 Å². The van der Waals surface area contributed by atoms with Gasteiger partial charge in [-0.1, -0.05) is 59.6 Å². The summed E-state index contributed by atoms with van der Waals surface area (Å²) in [5.41, 5.74) is 6.71. The number of nitrogens with zero attached hydrogens (tertiary/aromatic N) is 3. The molecule has 4 rings (SSSR count). The number of hydrogen-bond acceptors (Lipinski definition) is 6. The highest BCUT2D eigenvalue weighted by Crippen LogP contribution is 2.27. The molecule has 0 fully saturated rings. The van der Waals surface area contributed by atoms with Gasteiger partial charge < -0.3 is 5.32 Å². The molecule has 1 heterocycles.